The van der Waals surface area contributed by atoms with Gasteiger partial charge in [0.05, 0.1) is 19.1 Å². The average Bonchev–Trinajstić information content (AvgIpc) is 2.69. The number of aromatic hydroxyl groups is 1. The van der Waals surface area contributed by atoms with E-state index in [4.69, 9.17) is 0 Å². The third kappa shape index (κ3) is 6.29. The van der Waals surface area contributed by atoms with Crippen LogP contribution in [-0.2, 0) is 24.2 Å². The van der Waals surface area contributed by atoms with Gasteiger partial charge in [-0.2, -0.15) is 0 Å². The summed E-state index contributed by atoms with van der Waals surface area (Å²) >= 11 is 0. The number of nitrogens with one attached hydrogen (secondary N) is 2. The molecule has 0 heterocycles. The largest absolute Gasteiger partial charge is 0.508 e. The summed E-state index contributed by atoms with van der Waals surface area (Å²) in [5.41, 5.74) is 3.21. The molecule has 0 aromatic heterocycles. The molecule has 0 spiro atoms. The quantitative estimate of drug-likeness (QED) is 0.412. The fourth-order valence-electron chi connectivity index (χ4n) is 3.68. The van der Waals surface area contributed by atoms with Gasteiger partial charge in [0.15, 0.2) is 0 Å². The summed E-state index contributed by atoms with van der Waals surface area (Å²) < 4.78 is 0. The van der Waals surface area contributed by atoms with Crippen LogP contribution in [0.1, 0.15) is 54.5 Å². The fourth-order valence-corrected chi connectivity index (χ4v) is 3.68. The molecule has 3 rings (SSSR count). The van der Waals surface area contributed by atoms with E-state index >= 15 is 0 Å². The third-order valence-electron chi connectivity index (χ3n) is 5.69. The second-order valence-corrected chi connectivity index (χ2v) is 8.27. The van der Waals surface area contributed by atoms with E-state index in [1.54, 1.807) is 12.1 Å². The first-order valence-electron chi connectivity index (χ1n) is 10.7. The Hall–Kier alpha value is -2.41. The maximum Gasteiger partial charge on any atom is 0.224 e. The van der Waals surface area contributed by atoms with Gasteiger partial charge in [0.25, 0.3) is 0 Å². The molecule has 6 nitrogen and oxygen atoms in total. The monoisotopic (exact) mass is 412 g/mol. The maximum atomic E-state index is 12.1. The van der Waals surface area contributed by atoms with E-state index in [0.717, 1.165) is 30.4 Å². The Kier molecular flexibility index (Phi) is 7.85. The van der Waals surface area contributed by atoms with Gasteiger partial charge in [-0.3, -0.25) is 4.79 Å². The minimum atomic E-state index is -0.736. The van der Waals surface area contributed by atoms with E-state index in [-0.39, 0.29) is 24.3 Å². The number of benzene rings is 2. The Morgan fingerprint density at radius 1 is 1.17 bits per heavy atom. The van der Waals surface area contributed by atoms with Crippen molar-refractivity contribution >= 4 is 5.91 Å². The SMILES string of the molecule is C[C@H](Cc1cccc(CC(=O)NC2CCC2)c1)NC[C@@H](O)c1ccc(O)c(CO)c1. The number of carbonyl (C=O) groups is 1. The molecule has 1 aliphatic carbocycles. The Bertz CT molecular complexity index is 851. The number of rotatable bonds is 10. The number of aliphatic hydroxyl groups is 2. The van der Waals surface area contributed by atoms with Gasteiger partial charge in [-0.15, -0.1) is 0 Å². The summed E-state index contributed by atoms with van der Waals surface area (Å²) in [6.45, 7) is 2.14. The highest BCUT2D eigenvalue weighted by Gasteiger charge is 2.19. The van der Waals surface area contributed by atoms with Crippen LogP contribution in [0.15, 0.2) is 42.5 Å². The molecule has 6 heteroatoms. The number of hydrogen-bond acceptors (Lipinski definition) is 5. The molecule has 5 N–H and O–H groups in total. The van der Waals surface area contributed by atoms with E-state index in [9.17, 15) is 20.1 Å². The van der Waals surface area contributed by atoms with Gasteiger partial charge in [-0.05, 0) is 61.4 Å². The summed E-state index contributed by atoms with van der Waals surface area (Å²) in [7, 11) is 0. The molecular formula is C24H32N2O4. The summed E-state index contributed by atoms with van der Waals surface area (Å²) in [5, 5.41) is 35.7. The van der Waals surface area contributed by atoms with Gasteiger partial charge in [-0.25, -0.2) is 0 Å². The van der Waals surface area contributed by atoms with Gasteiger partial charge >= 0.3 is 0 Å². The van der Waals surface area contributed by atoms with Crippen molar-refractivity contribution in [2.24, 2.45) is 0 Å². The Morgan fingerprint density at radius 2 is 1.93 bits per heavy atom. The van der Waals surface area contributed by atoms with Crippen LogP contribution in [0, 0.1) is 0 Å². The first-order valence-corrected chi connectivity index (χ1v) is 10.7. The second kappa shape index (κ2) is 10.6. The highest BCUT2D eigenvalue weighted by Crippen LogP contribution is 2.22. The molecule has 0 radical (unpaired) electrons. The zero-order chi connectivity index (χ0) is 21.5. The lowest BCUT2D eigenvalue weighted by atomic mass is 9.93. The zero-order valence-corrected chi connectivity index (χ0v) is 17.5. The number of phenols is 1. The Labute approximate surface area is 178 Å². The van der Waals surface area contributed by atoms with Crippen LogP contribution in [0.3, 0.4) is 0 Å². The standard InChI is InChI=1S/C24H32N2O4/c1-16(25-14-23(29)19-8-9-22(28)20(13-19)15-27)10-17-4-2-5-18(11-17)12-24(30)26-21-6-3-7-21/h2,4-5,8-9,11,13,16,21,23,25,27-29H,3,6-7,10,12,14-15H2,1H3,(H,26,30)/t16-,23-/m1/s1. The first kappa shape index (κ1) is 22.3. The number of carbonyl (C=O) groups excluding carboxylic acids is 1. The molecule has 0 aliphatic heterocycles. The molecule has 2 atom stereocenters. The number of aliphatic hydroxyl groups excluding tert-OH is 2. The van der Waals surface area contributed by atoms with Crippen molar-refractivity contribution in [2.45, 2.75) is 63.8 Å². The first-order chi connectivity index (χ1) is 14.4. The predicted molar refractivity (Wildman–Crippen MR) is 116 cm³/mol. The Balaban J connectivity index is 1.48. The van der Waals surface area contributed by atoms with Crippen LogP contribution in [-0.4, -0.2) is 39.9 Å². The summed E-state index contributed by atoms with van der Waals surface area (Å²) in [4.78, 5) is 12.1. The molecule has 0 saturated heterocycles. The second-order valence-electron chi connectivity index (χ2n) is 8.27. The summed E-state index contributed by atoms with van der Waals surface area (Å²) in [6, 6.07) is 13.3. The summed E-state index contributed by atoms with van der Waals surface area (Å²) in [5.74, 6) is 0.110. The van der Waals surface area contributed by atoms with E-state index in [1.807, 2.05) is 12.1 Å². The van der Waals surface area contributed by atoms with Gasteiger partial charge < -0.3 is 26.0 Å². The van der Waals surface area contributed by atoms with Crippen LogP contribution in [0.5, 0.6) is 5.75 Å². The van der Waals surface area contributed by atoms with Crippen molar-refractivity contribution in [3.8, 4) is 5.75 Å². The summed E-state index contributed by atoms with van der Waals surface area (Å²) in [6.07, 6.45) is 3.83. The maximum absolute atomic E-state index is 12.1. The van der Waals surface area contributed by atoms with Crippen molar-refractivity contribution in [2.75, 3.05) is 6.54 Å². The van der Waals surface area contributed by atoms with Crippen molar-refractivity contribution in [3.05, 3.63) is 64.7 Å². The van der Waals surface area contributed by atoms with Crippen molar-refractivity contribution in [3.63, 3.8) is 0 Å². The van der Waals surface area contributed by atoms with Crippen molar-refractivity contribution < 1.29 is 20.1 Å². The molecule has 1 saturated carbocycles. The molecule has 2 aromatic rings. The van der Waals surface area contributed by atoms with E-state index in [2.05, 4.69) is 29.7 Å². The van der Waals surface area contributed by atoms with Gasteiger partial charge in [-0.1, -0.05) is 30.3 Å². The van der Waals surface area contributed by atoms with Crippen LogP contribution in [0.4, 0.5) is 0 Å². The van der Waals surface area contributed by atoms with E-state index in [0.29, 0.717) is 30.1 Å². The van der Waals surface area contributed by atoms with E-state index in [1.165, 1.54) is 12.5 Å². The Morgan fingerprint density at radius 3 is 2.63 bits per heavy atom. The minimum Gasteiger partial charge on any atom is -0.508 e. The number of hydrogen-bond donors (Lipinski definition) is 5. The van der Waals surface area contributed by atoms with Gasteiger partial charge in [0.2, 0.25) is 5.91 Å². The molecule has 1 fully saturated rings. The van der Waals surface area contributed by atoms with Crippen molar-refractivity contribution in [1.29, 1.82) is 0 Å². The number of amides is 1. The van der Waals surface area contributed by atoms with E-state index < -0.39 is 6.10 Å². The molecule has 1 aliphatic rings. The molecule has 162 valence electrons. The smallest absolute Gasteiger partial charge is 0.224 e. The minimum absolute atomic E-state index is 0.0241. The van der Waals surface area contributed by atoms with Gasteiger partial charge in [0.1, 0.15) is 5.75 Å². The topological polar surface area (TPSA) is 102 Å². The molecule has 1 amide bonds. The van der Waals surface area contributed by atoms with Crippen LogP contribution < -0.4 is 10.6 Å². The molecule has 30 heavy (non-hydrogen) atoms. The fraction of sp³-hybridized carbons (Fsp3) is 0.458. The predicted octanol–water partition coefficient (Wildman–Crippen LogP) is 2.35. The molecule has 2 aromatic carbocycles. The van der Waals surface area contributed by atoms with Crippen LogP contribution in [0.25, 0.3) is 0 Å². The lowest BCUT2D eigenvalue weighted by Gasteiger charge is -2.26. The zero-order valence-electron chi connectivity index (χ0n) is 17.5. The average molecular weight is 413 g/mol. The lowest BCUT2D eigenvalue weighted by Crippen LogP contribution is -2.40. The van der Waals surface area contributed by atoms with Crippen LogP contribution in [0.2, 0.25) is 0 Å². The lowest BCUT2D eigenvalue weighted by molar-refractivity contribution is -0.121. The van der Waals surface area contributed by atoms with Crippen LogP contribution >= 0.6 is 0 Å². The highest BCUT2D eigenvalue weighted by atomic mass is 16.3. The molecule has 0 bridgehead atoms. The molecular weight excluding hydrogens is 380 g/mol. The molecule has 0 unspecified atom stereocenters. The van der Waals surface area contributed by atoms with Gasteiger partial charge in [0, 0.05) is 24.2 Å². The third-order valence-corrected chi connectivity index (χ3v) is 5.69. The normalized spacial score (nSPS) is 16.0. The van der Waals surface area contributed by atoms with Crippen molar-refractivity contribution in [1.82, 2.24) is 10.6 Å². The highest BCUT2D eigenvalue weighted by molar-refractivity contribution is 5.79.